The number of rotatable bonds is 14. The van der Waals surface area contributed by atoms with Crippen molar-refractivity contribution in [1.82, 2.24) is 4.90 Å². The number of carbonyl (C=O) groups is 1. The highest BCUT2D eigenvalue weighted by atomic mass is 35.5. The first-order valence-electron chi connectivity index (χ1n) is 8.38. The lowest BCUT2D eigenvalue weighted by Crippen LogP contribution is -2.41. The maximum atomic E-state index is 11.7. The Labute approximate surface area is 144 Å². The zero-order valence-electron chi connectivity index (χ0n) is 13.6. The second-order valence-electron chi connectivity index (χ2n) is 5.73. The molecule has 1 atom stereocenters. The number of hydrogen-bond acceptors (Lipinski definition) is 3. The molecule has 0 rings (SSSR count). The van der Waals surface area contributed by atoms with Crippen molar-refractivity contribution in [2.24, 2.45) is 0 Å². The van der Waals surface area contributed by atoms with Gasteiger partial charge in [0.15, 0.2) is 4.84 Å². The van der Waals surface area contributed by atoms with E-state index in [1.54, 1.807) is 0 Å². The molecule has 132 valence electrons. The summed E-state index contributed by atoms with van der Waals surface area (Å²) >= 11 is 11.1. The second-order valence-corrected chi connectivity index (χ2v) is 6.82. The van der Waals surface area contributed by atoms with E-state index in [1.165, 1.54) is 43.4 Å². The number of alkyl halides is 2. The predicted molar refractivity (Wildman–Crippen MR) is 92.4 cm³/mol. The molecule has 0 aromatic heterocycles. The smallest absolute Gasteiger partial charge is 0.256 e. The van der Waals surface area contributed by atoms with Gasteiger partial charge in [-0.15, -0.1) is 0 Å². The number of aliphatic hydroxyl groups excluding tert-OH is 2. The molecule has 0 bridgehead atoms. The number of amides is 1. The Morgan fingerprint density at radius 3 is 2.09 bits per heavy atom. The topological polar surface area (TPSA) is 60.8 Å². The minimum Gasteiger partial charge on any atom is -0.395 e. The fourth-order valence-electron chi connectivity index (χ4n) is 2.41. The summed E-state index contributed by atoms with van der Waals surface area (Å²) in [5.41, 5.74) is 0. The molecule has 0 fully saturated rings. The first-order chi connectivity index (χ1) is 10.5. The van der Waals surface area contributed by atoms with Crippen LogP contribution in [-0.2, 0) is 4.79 Å². The van der Waals surface area contributed by atoms with Gasteiger partial charge in [0.25, 0.3) is 5.91 Å². The van der Waals surface area contributed by atoms with Crippen molar-refractivity contribution < 1.29 is 15.0 Å². The average Bonchev–Trinajstić information content (AvgIpc) is 2.48. The van der Waals surface area contributed by atoms with Crippen molar-refractivity contribution in [3.05, 3.63) is 0 Å². The van der Waals surface area contributed by atoms with Crippen LogP contribution in [0.15, 0.2) is 0 Å². The Hall–Kier alpha value is -0.0300. The molecule has 1 amide bonds. The van der Waals surface area contributed by atoms with Gasteiger partial charge in [-0.2, -0.15) is 0 Å². The van der Waals surface area contributed by atoms with Crippen LogP contribution in [-0.4, -0.2) is 51.7 Å². The van der Waals surface area contributed by atoms with E-state index in [0.717, 1.165) is 12.8 Å². The molecule has 0 heterocycles. The number of unbranched alkanes of at least 4 members (excludes halogenated alkanes) is 7. The van der Waals surface area contributed by atoms with Gasteiger partial charge in [0.1, 0.15) is 0 Å². The van der Waals surface area contributed by atoms with Gasteiger partial charge in [0.05, 0.1) is 12.7 Å². The molecule has 0 aromatic carbocycles. The largest absolute Gasteiger partial charge is 0.395 e. The van der Waals surface area contributed by atoms with Crippen LogP contribution in [0, 0.1) is 0 Å². The molecule has 0 aliphatic heterocycles. The fraction of sp³-hybridized carbons (Fsp3) is 0.938. The van der Waals surface area contributed by atoms with Gasteiger partial charge in [0.2, 0.25) is 0 Å². The van der Waals surface area contributed by atoms with Crippen LogP contribution in [0.5, 0.6) is 0 Å². The Bertz CT molecular complexity index is 278. The van der Waals surface area contributed by atoms with E-state index in [1.807, 2.05) is 0 Å². The van der Waals surface area contributed by atoms with Crippen LogP contribution in [0.3, 0.4) is 0 Å². The molecule has 4 nitrogen and oxygen atoms in total. The van der Waals surface area contributed by atoms with Crippen molar-refractivity contribution in [3.63, 3.8) is 0 Å². The third-order valence-electron chi connectivity index (χ3n) is 3.69. The van der Waals surface area contributed by atoms with Crippen LogP contribution < -0.4 is 0 Å². The van der Waals surface area contributed by atoms with Crippen LogP contribution in [0.1, 0.15) is 64.7 Å². The van der Waals surface area contributed by atoms with Gasteiger partial charge in [-0.05, 0) is 6.42 Å². The minimum absolute atomic E-state index is 0.142. The molecular formula is C16H31Cl2NO3. The number of halogens is 2. The van der Waals surface area contributed by atoms with E-state index >= 15 is 0 Å². The summed E-state index contributed by atoms with van der Waals surface area (Å²) in [5, 5.41) is 18.9. The molecule has 0 aliphatic rings. The third kappa shape index (κ3) is 11.5. The van der Waals surface area contributed by atoms with E-state index < -0.39 is 16.8 Å². The summed E-state index contributed by atoms with van der Waals surface area (Å²) in [4.78, 5) is 11.9. The van der Waals surface area contributed by atoms with Gasteiger partial charge in [0, 0.05) is 13.1 Å². The maximum Gasteiger partial charge on any atom is 0.256 e. The number of carbonyl (C=O) groups excluding carboxylic acids is 1. The summed E-state index contributed by atoms with van der Waals surface area (Å²) < 4.78 is 0. The lowest BCUT2D eigenvalue weighted by atomic mass is 10.1. The van der Waals surface area contributed by atoms with Crippen LogP contribution in [0.2, 0.25) is 0 Å². The highest BCUT2D eigenvalue weighted by Crippen LogP contribution is 2.12. The fourth-order valence-corrected chi connectivity index (χ4v) is 2.69. The van der Waals surface area contributed by atoms with Crippen LogP contribution in [0.25, 0.3) is 0 Å². The van der Waals surface area contributed by atoms with Crippen molar-refractivity contribution in [1.29, 1.82) is 0 Å². The zero-order valence-corrected chi connectivity index (χ0v) is 15.2. The molecule has 22 heavy (non-hydrogen) atoms. The molecule has 2 N–H and O–H groups in total. The third-order valence-corrected chi connectivity index (χ3v) is 4.06. The molecule has 0 radical (unpaired) electrons. The van der Waals surface area contributed by atoms with Crippen molar-refractivity contribution in [2.75, 3.05) is 19.7 Å². The van der Waals surface area contributed by atoms with Crippen molar-refractivity contribution >= 4 is 29.1 Å². The minimum atomic E-state index is -1.15. The quantitative estimate of drug-likeness (QED) is 0.370. The molecule has 6 heteroatoms. The Balaban J connectivity index is 3.77. The Kier molecular flexibility index (Phi) is 14.5. The highest BCUT2D eigenvalue weighted by molar-refractivity contribution is 6.53. The Morgan fingerprint density at radius 1 is 1.05 bits per heavy atom. The molecule has 0 saturated heterocycles. The Morgan fingerprint density at radius 2 is 1.59 bits per heavy atom. The lowest BCUT2D eigenvalue weighted by Gasteiger charge is -2.25. The summed E-state index contributed by atoms with van der Waals surface area (Å²) in [5.74, 6) is -0.465. The number of aliphatic hydroxyl groups is 2. The summed E-state index contributed by atoms with van der Waals surface area (Å²) in [7, 11) is 0. The summed E-state index contributed by atoms with van der Waals surface area (Å²) in [6, 6.07) is 0. The summed E-state index contributed by atoms with van der Waals surface area (Å²) in [6.45, 7) is 2.36. The SMILES string of the molecule is CCCCCCCCCCC(O)CN(CCO)C(=O)C(Cl)Cl. The first kappa shape index (κ1) is 22.0. The molecule has 0 aliphatic carbocycles. The van der Waals surface area contributed by atoms with E-state index in [4.69, 9.17) is 28.3 Å². The molecule has 1 unspecified atom stereocenters. The molecular weight excluding hydrogens is 325 g/mol. The highest BCUT2D eigenvalue weighted by Gasteiger charge is 2.22. The zero-order chi connectivity index (χ0) is 16.8. The van der Waals surface area contributed by atoms with E-state index in [-0.39, 0.29) is 19.7 Å². The molecule has 0 saturated carbocycles. The predicted octanol–water partition coefficient (Wildman–Crippen LogP) is 3.50. The van der Waals surface area contributed by atoms with Gasteiger partial charge < -0.3 is 15.1 Å². The van der Waals surface area contributed by atoms with Crippen LogP contribution in [0.4, 0.5) is 0 Å². The van der Waals surface area contributed by atoms with E-state index in [2.05, 4.69) is 6.92 Å². The average molecular weight is 356 g/mol. The van der Waals surface area contributed by atoms with Gasteiger partial charge in [-0.3, -0.25) is 4.79 Å². The van der Waals surface area contributed by atoms with E-state index in [9.17, 15) is 9.90 Å². The molecule has 0 spiro atoms. The van der Waals surface area contributed by atoms with Gasteiger partial charge in [-0.25, -0.2) is 0 Å². The lowest BCUT2D eigenvalue weighted by molar-refractivity contribution is -0.131. The van der Waals surface area contributed by atoms with E-state index in [0.29, 0.717) is 6.42 Å². The second kappa shape index (κ2) is 14.6. The van der Waals surface area contributed by atoms with Crippen molar-refractivity contribution in [2.45, 2.75) is 75.7 Å². The van der Waals surface area contributed by atoms with Gasteiger partial charge >= 0.3 is 0 Å². The summed E-state index contributed by atoms with van der Waals surface area (Å²) in [6.07, 6.45) is 9.74. The number of hydrogen-bond donors (Lipinski definition) is 2. The first-order valence-corrected chi connectivity index (χ1v) is 9.26. The van der Waals surface area contributed by atoms with Crippen LogP contribution >= 0.6 is 23.2 Å². The normalized spacial score (nSPS) is 12.6. The van der Waals surface area contributed by atoms with Gasteiger partial charge in [-0.1, -0.05) is 81.5 Å². The maximum absolute atomic E-state index is 11.7. The standard InChI is InChI=1S/C16H31Cl2NO3/c1-2-3-4-5-6-7-8-9-10-14(21)13-19(11-12-20)16(22)15(17)18/h14-15,20-21H,2-13H2,1H3. The number of nitrogens with zero attached hydrogens (tertiary/aromatic N) is 1. The monoisotopic (exact) mass is 355 g/mol. The molecule has 0 aromatic rings. The van der Waals surface area contributed by atoms with Crippen molar-refractivity contribution in [3.8, 4) is 0 Å².